The summed E-state index contributed by atoms with van der Waals surface area (Å²) in [4.78, 5) is 46.4. The molecule has 26 heavy (non-hydrogen) atoms. The van der Waals surface area contributed by atoms with Gasteiger partial charge in [0.25, 0.3) is 11.8 Å². The number of nitro groups is 1. The molecule has 0 radical (unpaired) electrons. The Bertz CT molecular complexity index is 915. The molecule has 12 heteroatoms. The van der Waals surface area contributed by atoms with Gasteiger partial charge in [-0.05, 0) is 19.4 Å². The second-order valence-electron chi connectivity index (χ2n) is 5.05. The van der Waals surface area contributed by atoms with Gasteiger partial charge < -0.3 is 15.8 Å². The van der Waals surface area contributed by atoms with Gasteiger partial charge in [-0.3, -0.25) is 24.4 Å². The van der Waals surface area contributed by atoms with Crippen molar-refractivity contribution in [3.8, 4) is 0 Å². The molecule has 0 aromatic carbocycles. The van der Waals surface area contributed by atoms with Gasteiger partial charge in [-0.25, -0.2) is 4.79 Å². The number of nitrogens with zero attached hydrogens (tertiary/aromatic N) is 3. The first-order chi connectivity index (χ1) is 12.2. The van der Waals surface area contributed by atoms with Crippen LogP contribution in [0, 0.1) is 17.0 Å². The van der Waals surface area contributed by atoms with E-state index in [9.17, 15) is 24.5 Å². The molecule has 0 saturated carbocycles. The quantitative estimate of drug-likeness (QED) is 0.433. The number of ether oxygens (including phenoxy) is 1. The van der Waals surface area contributed by atoms with E-state index < -0.39 is 34.1 Å². The molecule has 0 aliphatic rings. The van der Waals surface area contributed by atoms with Crippen molar-refractivity contribution < 1.29 is 24.0 Å². The molecule has 2 rings (SSSR count). The van der Waals surface area contributed by atoms with E-state index in [1.54, 1.807) is 6.92 Å². The van der Waals surface area contributed by atoms with Gasteiger partial charge in [0.2, 0.25) is 5.69 Å². The van der Waals surface area contributed by atoms with Crippen LogP contribution in [0.2, 0.25) is 0 Å². The SMILES string of the molecule is CCn1cc([N+](=O)[O-])c(C(=O)Nc2sc(C(N)=O)c(C)c2C(=O)OC)n1. The third-order valence-corrected chi connectivity index (χ3v) is 4.69. The summed E-state index contributed by atoms with van der Waals surface area (Å²) in [5.41, 5.74) is 4.57. The van der Waals surface area contributed by atoms with Gasteiger partial charge >= 0.3 is 11.7 Å². The first-order valence-corrected chi connectivity index (χ1v) is 8.07. The van der Waals surface area contributed by atoms with Gasteiger partial charge in [0.15, 0.2) is 0 Å². The lowest BCUT2D eigenvalue weighted by atomic mass is 10.1. The number of esters is 1. The van der Waals surface area contributed by atoms with Crippen molar-refractivity contribution in [3.63, 3.8) is 0 Å². The average molecular weight is 381 g/mol. The maximum absolute atomic E-state index is 12.5. The second kappa shape index (κ2) is 7.31. The molecule has 0 spiro atoms. The van der Waals surface area contributed by atoms with Gasteiger partial charge in [0, 0.05) is 6.54 Å². The number of methoxy groups -OCH3 is 1. The molecule has 2 amide bonds. The summed E-state index contributed by atoms with van der Waals surface area (Å²) in [6.45, 7) is 3.51. The zero-order chi connectivity index (χ0) is 19.6. The highest BCUT2D eigenvalue weighted by Crippen LogP contribution is 2.34. The Kier molecular flexibility index (Phi) is 5.35. The number of anilines is 1. The molecule has 138 valence electrons. The lowest BCUT2D eigenvalue weighted by Gasteiger charge is -2.04. The van der Waals surface area contributed by atoms with E-state index in [1.165, 1.54) is 11.6 Å². The lowest BCUT2D eigenvalue weighted by Crippen LogP contribution is -2.16. The van der Waals surface area contributed by atoms with Gasteiger partial charge in [0.1, 0.15) is 11.2 Å². The molecular weight excluding hydrogens is 366 g/mol. The van der Waals surface area contributed by atoms with E-state index >= 15 is 0 Å². The Morgan fingerprint density at radius 3 is 2.62 bits per heavy atom. The van der Waals surface area contributed by atoms with E-state index in [0.717, 1.165) is 24.6 Å². The number of amides is 2. The number of aryl methyl sites for hydroxylation is 1. The number of rotatable bonds is 6. The average Bonchev–Trinajstić information content (AvgIpc) is 3.16. The molecule has 3 N–H and O–H groups in total. The van der Waals surface area contributed by atoms with Crippen molar-refractivity contribution in [1.82, 2.24) is 9.78 Å². The molecule has 0 aliphatic heterocycles. The molecule has 0 fully saturated rings. The van der Waals surface area contributed by atoms with Crippen molar-refractivity contribution in [3.05, 3.63) is 38.0 Å². The van der Waals surface area contributed by atoms with Crippen LogP contribution in [0.5, 0.6) is 0 Å². The monoisotopic (exact) mass is 381 g/mol. The minimum atomic E-state index is -0.897. The number of aromatic nitrogens is 2. The third kappa shape index (κ3) is 3.39. The zero-order valence-corrected chi connectivity index (χ0v) is 14.9. The Morgan fingerprint density at radius 1 is 1.46 bits per heavy atom. The second-order valence-corrected chi connectivity index (χ2v) is 6.07. The Hall–Kier alpha value is -3.28. The highest BCUT2D eigenvalue weighted by atomic mass is 32.1. The first-order valence-electron chi connectivity index (χ1n) is 7.25. The van der Waals surface area contributed by atoms with E-state index in [-0.39, 0.29) is 21.0 Å². The fourth-order valence-corrected chi connectivity index (χ4v) is 3.26. The van der Waals surface area contributed by atoms with E-state index in [4.69, 9.17) is 5.73 Å². The van der Waals surface area contributed by atoms with Crippen LogP contribution in [0.1, 0.15) is 43.0 Å². The van der Waals surface area contributed by atoms with Gasteiger partial charge in [-0.1, -0.05) is 0 Å². The highest BCUT2D eigenvalue weighted by Gasteiger charge is 2.29. The number of carbonyl (C=O) groups is 3. The summed E-state index contributed by atoms with van der Waals surface area (Å²) in [6, 6.07) is 0. The molecule has 2 aromatic rings. The van der Waals surface area contributed by atoms with Crippen LogP contribution in [0.15, 0.2) is 6.20 Å². The first kappa shape index (κ1) is 19.1. The topological polar surface area (TPSA) is 159 Å². The molecule has 11 nitrogen and oxygen atoms in total. The normalized spacial score (nSPS) is 10.4. The Morgan fingerprint density at radius 2 is 2.12 bits per heavy atom. The lowest BCUT2D eigenvalue weighted by molar-refractivity contribution is -0.385. The van der Waals surface area contributed by atoms with E-state index in [2.05, 4.69) is 15.2 Å². The van der Waals surface area contributed by atoms with Crippen LogP contribution in [-0.4, -0.2) is 39.6 Å². The summed E-state index contributed by atoms with van der Waals surface area (Å²) in [5.74, 6) is -2.46. The smallest absolute Gasteiger partial charge is 0.341 e. The Labute approximate surface area is 150 Å². The largest absolute Gasteiger partial charge is 0.465 e. The molecule has 0 aliphatic carbocycles. The minimum Gasteiger partial charge on any atom is -0.465 e. The van der Waals surface area contributed by atoms with Gasteiger partial charge in [-0.2, -0.15) is 5.10 Å². The number of hydrogen-bond donors (Lipinski definition) is 2. The van der Waals surface area contributed by atoms with E-state index in [0.29, 0.717) is 6.54 Å². The maximum atomic E-state index is 12.5. The summed E-state index contributed by atoms with van der Waals surface area (Å²) in [5, 5.41) is 17.4. The zero-order valence-electron chi connectivity index (χ0n) is 14.1. The van der Waals surface area contributed by atoms with Crippen LogP contribution < -0.4 is 11.1 Å². The number of primary amides is 1. The van der Waals surface area contributed by atoms with Gasteiger partial charge in [0.05, 0.1) is 22.5 Å². The number of hydrogen-bond acceptors (Lipinski definition) is 8. The summed E-state index contributed by atoms with van der Waals surface area (Å²) in [6.07, 6.45) is 1.13. The molecule has 0 atom stereocenters. The van der Waals surface area contributed by atoms with Crippen molar-refractivity contribution >= 4 is 39.8 Å². The summed E-state index contributed by atoms with van der Waals surface area (Å²) >= 11 is 0.776. The molecule has 0 saturated heterocycles. The van der Waals surface area contributed by atoms with Crippen LogP contribution in [0.4, 0.5) is 10.7 Å². The van der Waals surface area contributed by atoms with Crippen molar-refractivity contribution in [2.45, 2.75) is 20.4 Å². The number of nitrogens with two attached hydrogens (primary N) is 1. The summed E-state index contributed by atoms with van der Waals surface area (Å²) < 4.78 is 5.90. The predicted molar refractivity (Wildman–Crippen MR) is 91.4 cm³/mol. The van der Waals surface area contributed by atoms with Crippen LogP contribution in [-0.2, 0) is 11.3 Å². The fraction of sp³-hybridized carbons (Fsp3) is 0.286. The van der Waals surface area contributed by atoms with E-state index in [1.807, 2.05) is 0 Å². The molecule has 0 unspecified atom stereocenters. The maximum Gasteiger partial charge on any atom is 0.341 e. The number of thiophene rings is 1. The number of nitrogens with one attached hydrogen (secondary N) is 1. The standard InChI is InChI=1S/C14H15N5O6S/c1-4-18-5-7(19(23)24)9(17-18)12(21)16-13-8(14(22)25-3)6(2)10(26-13)11(15)20/h5H,4H2,1-3H3,(H2,15,20)(H,16,21). The van der Waals surface area contributed by atoms with Crippen LogP contribution in [0.3, 0.4) is 0 Å². The summed E-state index contributed by atoms with van der Waals surface area (Å²) in [7, 11) is 1.14. The number of carbonyl (C=O) groups excluding carboxylic acids is 3. The minimum absolute atomic E-state index is 0.00602. The van der Waals surface area contributed by atoms with Gasteiger partial charge in [-0.15, -0.1) is 11.3 Å². The molecule has 2 heterocycles. The predicted octanol–water partition coefficient (Wildman–Crippen LogP) is 1.32. The Balaban J connectivity index is 2.48. The van der Waals surface area contributed by atoms with Crippen molar-refractivity contribution in [2.24, 2.45) is 5.73 Å². The van der Waals surface area contributed by atoms with Crippen molar-refractivity contribution in [1.29, 1.82) is 0 Å². The third-order valence-electron chi connectivity index (χ3n) is 3.47. The van der Waals surface area contributed by atoms with Crippen LogP contribution in [0.25, 0.3) is 0 Å². The highest BCUT2D eigenvalue weighted by molar-refractivity contribution is 7.18. The molecule has 2 aromatic heterocycles. The molecular formula is C14H15N5O6S. The fourth-order valence-electron chi connectivity index (χ4n) is 2.21. The van der Waals surface area contributed by atoms with Crippen molar-refractivity contribution in [2.75, 3.05) is 12.4 Å². The molecule has 0 bridgehead atoms. The van der Waals surface area contributed by atoms with Crippen LogP contribution >= 0.6 is 11.3 Å².